The zero-order valence-electron chi connectivity index (χ0n) is 15.0. The number of ether oxygens (including phenoxy) is 1. The number of benzene rings is 1. The Balaban J connectivity index is 0.00000150. The second-order valence-electron chi connectivity index (χ2n) is 6.34. The number of hydrogen-bond acceptors (Lipinski definition) is 6. The van der Waals surface area contributed by atoms with E-state index in [1.54, 1.807) is 11.1 Å². The summed E-state index contributed by atoms with van der Waals surface area (Å²) in [5, 5.41) is 0. The zero-order chi connectivity index (χ0) is 18.8. The van der Waals surface area contributed by atoms with Crippen molar-refractivity contribution in [3.05, 3.63) is 42.2 Å². The molecule has 4 rings (SSSR count). The molecule has 0 aliphatic carbocycles. The van der Waals surface area contributed by atoms with E-state index in [9.17, 15) is 4.79 Å². The van der Waals surface area contributed by atoms with Gasteiger partial charge in [0.25, 0.3) is 0 Å². The minimum atomic E-state index is -0.0147. The van der Waals surface area contributed by atoms with E-state index in [2.05, 4.69) is 15.0 Å². The van der Waals surface area contributed by atoms with E-state index in [1.165, 1.54) is 7.11 Å². The predicted octanol–water partition coefficient (Wildman–Crippen LogP) is 2.60. The topological polar surface area (TPSA) is 110 Å². The largest absolute Gasteiger partial charge is 0.382 e. The molecule has 144 valence electrons. The SMILES string of the molecule is COCC(=O)N1CC=C(c2cnc(N)c(-c3nc4ccccc4[nH]3)n2)CC1.[HH].[HH].[HH]. The molecule has 0 unspecified atom stereocenters. The lowest BCUT2D eigenvalue weighted by atomic mass is 10.0. The van der Waals surface area contributed by atoms with Crippen molar-refractivity contribution in [3.63, 3.8) is 0 Å². The van der Waals surface area contributed by atoms with Gasteiger partial charge in [0, 0.05) is 24.5 Å². The number of fused-ring (bicyclic) bond motifs is 1. The van der Waals surface area contributed by atoms with Crippen LogP contribution in [-0.4, -0.2) is 57.5 Å². The maximum atomic E-state index is 11.9. The molecule has 0 atom stereocenters. The second-order valence-corrected chi connectivity index (χ2v) is 6.34. The molecule has 1 amide bonds. The normalized spacial score (nSPS) is 14.4. The van der Waals surface area contributed by atoms with Gasteiger partial charge in [-0.2, -0.15) is 0 Å². The molecular formula is C19H26N6O2. The third-order valence-corrected chi connectivity index (χ3v) is 4.57. The molecule has 2 aromatic heterocycles. The molecule has 1 aliphatic heterocycles. The first-order valence-corrected chi connectivity index (χ1v) is 8.69. The van der Waals surface area contributed by atoms with Gasteiger partial charge >= 0.3 is 0 Å². The van der Waals surface area contributed by atoms with Crippen LogP contribution in [0, 0.1) is 0 Å². The maximum absolute atomic E-state index is 11.9. The Labute approximate surface area is 160 Å². The molecule has 3 N–H and O–H groups in total. The molecule has 3 heterocycles. The van der Waals surface area contributed by atoms with Crippen LogP contribution in [0.1, 0.15) is 16.4 Å². The van der Waals surface area contributed by atoms with E-state index < -0.39 is 0 Å². The molecule has 0 spiro atoms. The van der Waals surface area contributed by atoms with Gasteiger partial charge < -0.3 is 20.4 Å². The number of amides is 1. The fraction of sp³-hybridized carbons (Fsp3) is 0.263. The van der Waals surface area contributed by atoms with Crippen LogP contribution < -0.4 is 5.73 Å². The Morgan fingerprint density at radius 1 is 1.37 bits per heavy atom. The molecule has 8 heteroatoms. The van der Waals surface area contributed by atoms with Crippen LogP contribution in [0.4, 0.5) is 5.82 Å². The lowest BCUT2D eigenvalue weighted by Crippen LogP contribution is -2.37. The molecule has 1 aliphatic rings. The summed E-state index contributed by atoms with van der Waals surface area (Å²) in [6.07, 6.45) is 4.37. The molecule has 1 aromatic carbocycles. The number of para-hydroxylation sites is 2. The van der Waals surface area contributed by atoms with E-state index in [4.69, 9.17) is 15.5 Å². The van der Waals surface area contributed by atoms with Gasteiger partial charge in [-0.05, 0) is 24.1 Å². The van der Waals surface area contributed by atoms with Crippen molar-refractivity contribution in [2.24, 2.45) is 0 Å². The van der Waals surface area contributed by atoms with Gasteiger partial charge in [0.1, 0.15) is 12.3 Å². The van der Waals surface area contributed by atoms with Gasteiger partial charge in [-0.1, -0.05) is 18.2 Å². The number of hydrogen-bond donors (Lipinski definition) is 2. The van der Waals surface area contributed by atoms with E-state index in [0.29, 0.717) is 36.8 Å². The number of imidazole rings is 1. The van der Waals surface area contributed by atoms with Gasteiger partial charge in [0.2, 0.25) is 5.91 Å². The van der Waals surface area contributed by atoms with E-state index in [0.717, 1.165) is 22.3 Å². The molecule has 8 nitrogen and oxygen atoms in total. The first-order valence-electron chi connectivity index (χ1n) is 8.69. The van der Waals surface area contributed by atoms with Gasteiger partial charge in [-0.3, -0.25) is 4.79 Å². The third-order valence-electron chi connectivity index (χ3n) is 4.57. The maximum Gasteiger partial charge on any atom is 0.248 e. The number of rotatable bonds is 4. The average Bonchev–Trinajstić information content (AvgIpc) is 3.12. The van der Waals surface area contributed by atoms with Crippen LogP contribution in [0.2, 0.25) is 0 Å². The molecule has 0 fully saturated rings. The van der Waals surface area contributed by atoms with Crippen molar-refractivity contribution < 1.29 is 13.8 Å². The Morgan fingerprint density at radius 3 is 2.96 bits per heavy atom. The highest BCUT2D eigenvalue weighted by Gasteiger charge is 2.20. The molecule has 0 radical (unpaired) electrons. The number of carbonyl (C=O) groups is 1. The van der Waals surface area contributed by atoms with Crippen molar-refractivity contribution >= 4 is 28.3 Å². The number of carbonyl (C=O) groups excluding carboxylic acids is 1. The van der Waals surface area contributed by atoms with Crippen molar-refractivity contribution in [2.75, 3.05) is 32.5 Å². The van der Waals surface area contributed by atoms with E-state index >= 15 is 0 Å². The molecular weight excluding hydrogens is 344 g/mol. The highest BCUT2D eigenvalue weighted by Crippen LogP contribution is 2.26. The number of nitrogens with one attached hydrogen (secondary N) is 1. The highest BCUT2D eigenvalue weighted by atomic mass is 16.5. The minimum Gasteiger partial charge on any atom is -0.382 e. The van der Waals surface area contributed by atoms with Crippen LogP contribution in [0.3, 0.4) is 0 Å². The zero-order valence-corrected chi connectivity index (χ0v) is 15.0. The van der Waals surface area contributed by atoms with Crippen LogP contribution in [0.25, 0.3) is 28.1 Å². The van der Waals surface area contributed by atoms with Crippen LogP contribution in [0.15, 0.2) is 36.5 Å². The summed E-state index contributed by atoms with van der Waals surface area (Å²) in [5.74, 6) is 0.904. The van der Waals surface area contributed by atoms with Crippen LogP contribution in [-0.2, 0) is 9.53 Å². The number of nitrogen functional groups attached to an aromatic ring is 1. The number of aromatic amines is 1. The number of aromatic nitrogens is 4. The first-order chi connectivity index (χ1) is 13.2. The minimum absolute atomic E-state index is 0. The Bertz CT molecular complexity index is 1010. The fourth-order valence-corrected chi connectivity index (χ4v) is 3.14. The summed E-state index contributed by atoms with van der Waals surface area (Å²) in [4.78, 5) is 30.5. The third kappa shape index (κ3) is 3.39. The van der Waals surface area contributed by atoms with Crippen molar-refractivity contribution in [1.29, 1.82) is 0 Å². The Hall–Kier alpha value is -3.26. The first kappa shape index (κ1) is 17.2. The molecule has 0 bridgehead atoms. The average molecular weight is 370 g/mol. The van der Waals surface area contributed by atoms with Crippen molar-refractivity contribution in [1.82, 2.24) is 24.8 Å². The molecule has 27 heavy (non-hydrogen) atoms. The number of nitrogens with zero attached hydrogens (tertiary/aromatic N) is 4. The van der Waals surface area contributed by atoms with Gasteiger partial charge in [-0.15, -0.1) is 0 Å². The number of methoxy groups -OCH3 is 1. The summed E-state index contributed by atoms with van der Waals surface area (Å²) < 4.78 is 4.91. The standard InChI is InChI=1S/C19H20N6O2.3H2/c1-27-11-16(26)25-8-6-12(7-9-25)15-10-21-18(20)17(22-15)19-23-13-4-2-3-5-14(13)24-19;;;/h2-6,10H,7-9,11H2,1H3,(H2,20,21)(H,23,24);3*1H. The fourth-order valence-electron chi connectivity index (χ4n) is 3.14. The highest BCUT2D eigenvalue weighted by molar-refractivity contribution is 5.81. The van der Waals surface area contributed by atoms with Crippen LogP contribution >= 0.6 is 0 Å². The molecule has 0 saturated heterocycles. The summed E-state index contributed by atoms with van der Waals surface area (Å²) in [6, 6.07) is 7.76. The summed E-state index contributed by atoms with van der Waals surface area (Å²) in [5.41, 5.74) is 10.1. The Kier molecular flexibility index (Phi) is 4.55. The quantitative estimate of drug-likeness (QED) is 0.730. The number of nitrogens with two attached hydrogens (primary N) is 1. The van der Waals surface area contributed by atoms with Crippen molar-refractivity contribution in [3.8, 4) is 11.5 Å². The molecule has 0 saturated carbocycles. The number of anilines is 1. The summed E-state index contributed by atoms with van der Waals surface area (Å²) >= 11 is 0. The van der Waals surface area contributed by atoms with Gasteiger partial charge in [0.05, 0.1) is 22.9 Å². The summed E-state index contributed by atoms with van der Waals surface area (Å²) in [6.45, 7) is 1.25. The number of H-pyrrole nitrogens is 1. The van der Waals surface area contributed by atoms with Crippen LogP contribution in [0.5, 0.6) is 0 Å². The molecule has 3 aromatic rings. The lowest BCUT2D eigenvalue weighted by molar-refractivity contribution is -0.134. The smallest absolute Gasteiger partial charge is 0.248 e. The summed E-state index contributed by atoms with van der Waals surface area (Å²) in [7, 11) is 1.52. The predicted molar refractivity (Wildman–Crippen MR) is 109 cm³/mol. The monoisotopic (exact) mass is 370 g/mol. The van der Waals surface area contributed by atoms with Gasteiger partial charge in [-0.25, -0.2) is 15.0 Å². The lowest BCUT2D eigenvalue weighted by Gasteiger charge is -2.26. The van der Waals surface area contributed by atoms with Gasteiger partial charge in [0.15, 0.2) is 11.6 Å². The van der Waals surface area contributed by atoms with Crippen molar-refractivity contribution in [2.45, 2.75) is 6.42 Å². The van der Waals surface area contributed by atoms with E-state index in [1.807, 2.05) is 30.3 Å². The second kappa shape index (κ2) is 7.16. The van der Waals surface area contributed by atoms with E-state index in [-0.39, 0.29) is 16.8 Å². The Morgan fingerprint density at radius 2 is 2.22 bits per heavy atom.